The molecule has 0 spiro atoms. The number of ether oxygens (including phenoxy) is 1. The molecule has 5 nitrogen and oxygen atoms in total. The van der Waals surface area contributed by atoms with E-state index in [1.54, 1.807) is 30.4 Å². The molecule has 130 valence electrons. The zero-order chi connectivity index (χ0) is 18.2. The predicted octanol–water partition coefficient (Wildman–Crippen LogP) is 3.86. The van der Waals surface area contributed by atoms with Crippen molar-refractivity contribution in [3.05, 3.63) is 51.7 Å². The van der Waals surface area contributed by atoms with Gasteiger partial charge in [0.05, 0.1) is 0 Å². The molecule has 0 bridgehead atoms. The molecule has 0 aliphatic carbocycles. The molecule has 0 radical (unpaired) electrons. The molecule has 6 heteroatoms. The molecule has 0 aliphatic heterocycles. The molecule has 0 aliphatic rings. The van der Waals surface area contributed by atoms with Crippen LogP contribution in [0.2, 0.25) is 0 Å². The van der Waals surface area contributed by atoms with E-state index in [0.717, 1.165) is 21.4 Å². The fraction of sp³-hybridized carbons (Fsp3) is 0.263. The molecule has 2 N–H and O–H groups in total. The maximum absolute atomic E-state index is 12.0. The van der Waals surface area contributed by atoms with Crippen LogP contribution < -0.4 is 16.1 Å². The Labute approximate surface area is 149 Å². The third-order valence-electron chi connectivity index (χ3n) is 4.36. The van der Waals surface area contributed by atoms with Crippen LogP contribution in [0.15, 0.2) is 44.9 Å². The van der Waals surface area contributed by atoms with Crippen LogP contribution in [0.4, 0.5) is 0 Å². The predicted molar refractivity (Wildman–Crippen MR) is 99.1 cm³/mol. The van der Waals surface area contributed by atoms with Crippen LogP contribution in [0.5, 0.6) is 5.75 Å². The van der Waals surface area contributed by atoms with E-state index in [4.69, 9.17) is 14.9 Å². The van der Waals surface area contributed by atoms with Crippen LogP contribution in [0.3, 0.4) is 0 Å². The second-order valence-electron chi connectivity index (χ2n) is 6.12. The molecule has 2 heterocycles. The number of amides is 1. The molecular weight excluding hydrogens is 338 g/mol. The van der Waals surface area contributed by atoms with Crippen LogP contribution in [-0.2, 0) is 4.79 Å². The Morgan fingerprint density at radius 2 is 2.08 bits per heavy atom. The van der Waals surface area contributed by atoms with Crippen LogP contribution in [0, 0.1) is 6.92 Å². The van der Waals surface area contributed by atoms with Crippen molar-refractivity contribution in [2.24, 2.45) is 5.73 Å². The van der Waals surface area contributed by atoms with Gasteiger partial charge in [0, 0.05) is 28.0 Å². The van der Waals surface area contributed by atoms with Gasteiger partial charge < -0.3 is 14.9 Å². The molecule has 1 amide bonds. The standard InChI is InChI=1S/C19H19NO4S/c1-4-19(3,18(20)22)24-12-5-6-13-14(17-11(2)7-8-25-17)10-16(21)23-15(13)9-12/h5-10H,4H2,1-3H3,(H2,20,22). The average Bonchev–Trinajstić information content (AvgIpc) is 2.99. The summed E-state index contributed by atoms with van der Waals surface area (Å²) in [5.74, 6) is -0.113. The topological polar surface area (TPSA) is 82.5 Å². The summed E-state index contributed by atoms with van der Waals surface area (Å²) in [5, 5.41) is 2.80. The van der Waals surface area contributed by atoms with Gasteiger partial charge in [-0.05, 0) is 49.4 Å². The number of rotatable bonds is 5. The van der Waals surface area contributed by atoms with E-state index >= 15 is 0 Å². The maximum atomic E-state index is 12.0. The summed E-state index contributed by atoms with van der Waals surface area (Å²) in [4.78, 5) is 24.7. The second kappa shape index (κ2) is 6.37. The monoisotopic (exact) mass is 357 g/mol. The highest BCUT2D eigenvalue weighted by Crippen LogP contribution is 2.35. The van der Waals surface area contributed by atoms with E-state index in [2.05, 4.69) is 0 Å². The van der Waals surface area contributed by atoms with E-state index in [9.17, 15) is 9.59 Å². The molecule has 2 aromatic heterocycles. The molecule has 1 unspecified atom stereocenters. The number of nitrogens with two attached hydrogens (primary N) is 1. The molecule has 1 atom stereocenters. The van der Waals surface area contributed by atoms with Gasteiger partial charge in [-0.15, -0.1) is 11.3 Å². The molecular formula is C19H19NO4S. The Balaban J connectivity index is 2.12. The van der Waals surface area contributed by atoms with Crippen LogP contribution >= 0.6 is 11.3 Å². The van der Waals surface area contributed by atoms with E-state index < -0.39 is 17.1 Å². The van der Waals surface area contributed by atoms with Crippen molar-refractivity contribution in [1.82, 2.24) is 0 Å². The SMILES string of the molecule is CCC(C)(Oc1ccc2c(-c3sccc3C)cc(=O)oc2c1)C(N)=O. The number of benzene rings is 1. The summed E-state index contributed by atoms with van der Waals surface area (Å²) in [5.41, 5.74) is 6.24. The van der Waals surface area contributed by atoms with E-state index in [-0.39, 0.29) is 0 Å². The highest BCUT2D eigenvalue weighted by molar-refractivity contribution is 7.13. The van der Waals surface area contributed by atoms with Gasteiger partial charge in [-0.25, -0.2) is 4.79 Å². The van der Waals surface area contributed by atoms with Crippen molar-refractivity contribution in [1.29, 1.82) is 0 Å². The van der Waals surface area contributed by atoms with Crippen molar-refractivity contribution in [3.63, 3.8) is 0 Å². The van der Waals surface area contributed by atoms with Gasteiger partial charge in [0.15, 0.2) is 5.60 Å². The molecule has 3 aromatic rings. The summed E-state index contributed by atoms with van der Waals surface area (Å²) in [6.07, 6.45) is 0.429. The molecule has 3 rings (SSSR count). The average molecular weight is 357 g/mol. The quantitative estimate of drug-likeness (QED) is 0.703. The third-order valence-corrected chi connectivity index (χ3v) is 5.41. The van der Waals surface area contributed by atoms with Crippen molar-refractivity contribution in [2.45, 2.75) is 32.8 Å². The number of thiophene rings is 1. The Hall–Kier alpha value is -2.60. The van der Waals surface area contributed by atoms with Crippen molar-refractivity contribution in [3.8, 4) is 16.2 Å². The number of fused-ring (bicyclic) bond motifs is 1. The number of primary amides is 1. The largest absolute Gasteiger partial charge is 0.478 e. The van der Waals surface area contributed by atoms with Crippen molar-refractivity contribution < 1.29 is 13.9 Å². The minimum absolute atomic E-state index is 0.413. The van der Waals surface area contributed by atoms with Crippen molar-refractivity contribution in [2.75, 3.05) is 0 Å². The first-order valence-corrected chi connectivity index (χ1v) is 8.83. The summed E-state index contributed by atoms with van der Waals surface area (Å²) < 4.78 is 11.1. The molecule has 1 aromatic carbocycles. The minimum atomic E-state index is -1.12. The van der Waals surface area contributed by atoms with E-state index in [1.165, 1.54) is 6.07 Å². The Bertz CT molecular complexity index is 1000. The van der Waals surface area contributed by atoms with E-state index in [1.807, 2.05) is 31.4 Å². The van der Waals surface area contributed by atoms with E-state index in [0.29, 0.717) is 17.8 Å². The van der Waals surface area contributed by atoms with Gasteiger partial charge in [0.25, 0.3) is 5.91 Å². The van der Waals surface area contributed by atoms with Gasteiger partial charge in [-0.2, -0.15) is 0 Å². The normalized spacial score (nSPS) is 13.6. The second-order valence-corrected chi connectivity index (χ2v) is 7.04. The lowest BCUT2D eigenvalue weighted by Gasteiger charge is -2.26. The van der Waals surface area contributed by atoms with Gasteiger partial charge in [0.1, 0.15) is 11.3 Å². The molecule has 25 heavy (non-hydrogen) atoms. The number of carbonyl (C=O) groups excluding carboxylic acids is 1. The molecule has 0 fully saturated rings. The first-order chi connectivity index (χ1) is 11.8. The molecule has 0 saturated carbocycles. The smallest absolute Gasteiger partial charge is 0.336 e. The number of hydrogen-bond acceptors (Lipinski definition) is 5. The lowest BCUT2D eigenvalue weighted by atomic mass is 10.0. The van der Waals surface area contributed by atoms with Gasteiger partial charge in [0.2, 0.25) is 0 Å². The highest BCUT2D eigenvalue weighted by Gasteiger charge is 2.31. The van der Waals surface area contributed by atoms with Crippen LogP contribution in [0.1, 0.15) is 25.8 Å². The zero-order valence-electron chi connectivity index (χ0n) is 14.3. The van der Waals surface area contributed by atoms with Gasteiger partial charge >= 0.3 is 5.63 Å². The minimum Gasteiger partial charge on any atom is -0.478 e. The Morgan fingerprint density at radius 3 is 2.68 bits per heavy atom. The fourth-order valence-corrected chi connectivity index (χ4v) is 3.56. The number of carbonyl (C=O) groups is 1. The van der Waals surface area contributed by atoms with Crippen LogP contribution in [0.25, 0.3) is 21.4 Å². The Morgan fingerprint density at radius 1 is 1.32 bits per heavy atom. The summed E-state index contributed by atoms with van der Waals surface area (Å²) >= 11 is 1.57. The summed E-state index contributed by atoms with van der Waals surface area (Å²) in [7, 11) is 0. The lowest BCUT2D eigenvalue weighted by molar-refractivity contribution is -0.132. The van der Waals surface area contributed by atoms with Crippen molar-refractivity contribution >= 4 is 28.2 Å². The van der Waals surface area contributed by atoms with Gasteiger partial charge in [-0.1, -0.05) is 6.92 Å². The summed E-state index contributed by atoms with van der Waals surface area (Å²) in [6.45, 7) is 5.47. The first kappa shape index (κ1) is 17.2. The first-order valence-electron chi connectivity index (χ1n) is 7.95. The lowest BCUT2D eigenvalue weighted by Crippen LogP contribution is -2.45. The Kier molecular flexibility index (Phi) is 4.39. The summed E-state index contributed by atoms with van der Waals surface area (Å²) in [6, 6.07) is 8.73. The van der Waals surface area contributed by atoms with Gasteiger partial charge in [-0.3, -0.25) is 4.79 Å². The zero-order valence-corrected chi connectivity index (χ0v) is 15.1. The maximum Gasteiger partial charge on any atom is 0.336 e. The fourth-order valence-electron chi connectivity index (χ4n) is 2.60. The number of aryl methyl sites for hydroxylation is 1. The number of hydrogen-bond donors (Lipinski definition) is 1. The molecule has 0 saturated heterocycles. The third kappa shape index (κ3) is 3.17. The highest BCUT2D eigenvalue weighted by atomic mass is 32.1. The van der Waals surface area contributed by atoms with Crippen LogP contribution in [-0.4, -0.2) is 11.5 Å².